The summed E-state index contributed by atoms with van der Waals surface area (Å²) < 4.78 is 18.6. The third-order valence-corrected chi connectivity index (χ3v) is 10.8. The summed E-state index contributed by atoms with van der Waals surface area (Å²) in [7, 11) is 0. The lowest BCUT2D eigenvalue weighted by atomic mass is 10.0. The molecule has 0 radical (unpaired) electrons. The molecule has 0 amide bonds. The first-order valence-electron chi connectivity index (χ1n) is 22.4. The second kappa shape index (κ2) is 29.2. The minimum atomic E-state index is -0.377. The fraction of sp³-hybridized carbons (Fsp3) is 0.620. The zero-order chi connectivity index (χ0) is 38.5. The molecule has 0 aliphatic rings. The Hall–Kier alpha value is -3.11. The highest BCUT2D eigenvalue weighted by atomic mass is 16.6. The fourth-order valence-electron chi connectivity index (χ4n) is 7.28. The van der Waals surface area contributed by atoms with Gasteiger partial charge in [0.05, 0.1) is 17.8 Å². The zero-order valence-electron chi connectivity index (χ0n) is 34.9. The predicted octanol–water partition coefficient (Wildman–Crippen LogP) is 15.8. The smallest absolute Gasteiger partial charge is 0.343 e. The largest absolute Gasteiger partial charge is 0.487 e. The molecule has 0 saturated carbocycles. The molecule has 4 nitrogen and oxygen atoms in total. The SMILES string of the molecule is CCCCCCCCCCCCCCOC(C)c1ccc(-c2ccc(C(=O)Oc3ccccc3OC(CCC)CCCCCCCCCCC)cc2)cc1. The van der Waals surface area contributed by atoms with Crippen molar-refractivity contribution < 1.29 is 19.0 Å². The van der Waals surface area contributed by atoms with Gasteiger partial charge >= 0.3 is 5.97 Å². The molecule has 4 heteroatoms. The highest BCUT2D eigenvalue weighted by Crippen LogP contribution is 2.31. The maximum Gasteiger partial charge on any atom is 0.343 e. The van der Waals surface area contributed by atoms with Crippen LogP contribution in [0.3, 0.4) is 0 Å². The Morgan fingerprint density at radius 1 is 0.500 bits per heavy atom. The van der Waals surface area contributed by atoms with E-state index < -0.39 is 0 Å². The van der Waals surface area contributed by atoms with Crippen LogP contribution in [-0.2, 0) is 4.74 Å². The number of rotatable bonds is 32. The van der Waals surface area contributed by atoms with Crippen molar-refractivity contribution in [1.82, 2.24) is 0 Å². The van der Waals surface area contributed by atoms with Gasteiger partial charge in [0, 0.05) is 6.61 Å². The van der Waals surface area contributed by atoms with Crippen molar-refractivity contribution in [3.8, 4) is 22.6 Å². The van der Waals surface area contributed by atoms with E-state index in [9.17, 15) is 4.79 Å². The van der Waals surface area contributed by atoms with Crippen molar-refractivity contribution in [3.05, 3.63) is 83.9 Å². The van der Waals surface area contributed by atoms with Gasteiger partial charge in [-0.1, -0.05) is 198 Å². The molecule has 0 aliphatic heterocycles. The lowest BCUT2D eigenvalue weighted by molar-refractivity contribution is 0.0627. The number of benzene rings is 3. The Labute approximate surface area is 331 Å². The molecule has 54 heavy (non-hydrogen) atoms. The van der Waals surface area contributed by atoms with Gasteiger partial charge in [-0.25, -0.2) is 4.79 Å². The van der Waals surface area contributed by atoms with Crippen LogP contribution in [0.25, 0.3) is 11.1 Å². The van der Waals surface area contributed by atoms with Crippen LogP contribution >= 0.6 is 0 Å². The lowest BCUT2D eigenvalue weighted by Crippen LogP contribution is -2.17. The number of ether oxygens (including phenoxy) is 3. The summed E-state index contributed by atoms with van der Waals surface area (Å²) in [5.74, 6) is 0.743. The van der Waals surface area contributed by atoms with Crippen LogP contribution in [0.1, 0.15) is 204 Å². The zero-order valence-corrected chi connectivity index (χ0v) is 34.9. The van der Waals surface area contributed by atoms with Gasteiger partial charge in [-0.05, 0) is 73.6 Å². The van der Waals surface area contributed by atoms with Crippen LogP contribution in [0.4, 0.5) is 0 Å². The maximum absolute atomic E-state index is 13.2. The molecule has 0 saturated heterocycles. The summed E-state index contributed by atoms with van der Waals surface area (Å²) in [6, 6.07) is 23.8. The molecular formula is C50H76O4. The molecule has 0 spiro atoms. The Morgan fingerprint density at radius 2 is 0.963 bits per heavy atom. The van der Waals surface area contributed by atoms with Crippen molar-refractivity contribution in [2.24, 2.45) is 0 Å². The van der Waals surface area contributed by atoms with Crippen LogP contribution < -0.4 is 9.47 Å². The van der Waals surface area contributed by atoms with Gasteiger partial charge in [0.1, 0.15) is 0 Å². The van der Waals surface area contributed by atoms with Gasteiger partial charge in [-0.2, -0.15) is 0 Å². The standard InChI is InChI=1S/C50H76O4/c1-5-8-10-12-14-16-17-18-20-22-24-28-41-52-42(4)43-33-35-44(36-34-43)45-37-39-46(40-38-45)50(51)54-49-32-27-26-31-48(49)53-47(29-7-3)30-25-23-21-19-15-13-11-9-6-2/h26-27,31-40,42,47H,5-25,28-30,41H2,1-4H3. The van der Waals surface area contributed by atoms with E-state index in [-0.39, 0.29) is 18.2 Å². The number of unbranched alkanes of at least 4 members (excludes halogenated alkanes) is 19. The lowest BCUT2D eigenvalue weighted by Gasteiger charge is -2.20. The Kier molecular flexibility index (Phi) is 24.5. The molecule has 2 unspecified atom stereocenters. The van der Waals surface area contributed by atoms with Crippen LogP contribution in [0.15, 0.2) is 72.8 Å². The summed E-state index contributed by atoms with van der Waals surface area (Å²) in [5.41, 5.74) is 3.88. The Bertz CT molecular complexity index is 1350. The second-order valence-electron chi connectivity index (χ2n) is 15.6. The van der Waals surface area contributed by atoms with Crippen LogP contribution in [0.2, 0.25) is 0 Å². The van der Waals surface area contributed by atoms with E-state index in [2.05, 4.69) is 52.0 Å². The first-order chi connectivity index (χ1) is 26.5. The molecule has 2 atom stereocenters. The van der Waals surface area contributed by atoms with Crippen molar-refractivity contribution in [2.75, 3.05) is 6.61 Å². The van der Waals surface area contributed by atoms with E-state index in [4.69, 9.17) is 14.2 Å². The Morgan fingerprint density at radius 3 is 1.48 bits per heavy atom. The summed E-state index contributed by atoms with van der Waals surface area (Å²) in [6.45, 7) is 9.71. The predicted molar refractivity (Wildman–Crippen MR) is 230 cm³/mol. The summed E-state index contributed by atoms with van der Waals surface area (Å²) >= 11 is 0. The first kappa shape index (κ1) is 45.3. The van der Waals surface area contributed by atoms with Gasteiger partial charge < -0.3 is 14.2 Å². The molecule has 300 valence electrons. The molecule has 0 aromatic heterocycles. The average Bonchev–Trinajstić information content (AvgIpc) is 3.19. The van der Waals surface area contributed by atoms with Crippen LogP contribution in [0.5, 0.6) is 11.5 Å². The molecule has 3 aromatic rings. The van der Waals surface area contributed by atoms with E-state index in [1.807, 2.05) is 48.5 Å². The third-order valence-electron chi connectivity index (χ3n) is 10.8. The Balaban J connectivity index is 1.38. The molecular weight excluding hydrogens is 665 g/mol. The molecule has 3 aromatic carbocycles. The van der Waals surface area contributed by atoms with E-state index >= 15 is 0 Å². The van der Waals surface area contributed by atoms with Crippen LogP contribution in [-0.4, -0.2) is 18.7 Å². The minimum absolute atomic E-state index is 0.0721. The molecule has 0 fully saturated rings. The van der Waals surface area contributed by atoms with Crippen molar-refractivity contribution in [2.45, 2.75) is 194 Å². The third kappa shape index (κ3) is 19.0. The average molecular weight is 741 g/mol. The van der Waals surface area contributed by atoms with Gasteiger partial charge in [-0.15, -0.1) is 0 Å². The minimum Gasteiger partial charge on any atom is -0.487 e. The number of hydrogen-bond acceptors (Lipinski definition) is 4. The summed E-state index contributed by atoms with van der Waals surface area (Å²) in [4.78, 5) is 13.2. The molecule has 0 heterocycles. The monoisotopic (exact) mass is 741 g/mol. The van der Waals surface area contributed by atoms with E-state index in [0.717, 1.165) is 43.4 Å². The first-order valence-corrected chi connectivity index (χ1v) is 22.4. The molecule has 0 bridgehead atoms. The molecule has 0 N–H and O–H groups in total. The topological polar surface area (TPSA) is 44.8 Å². The second-order valence-corrected chi connectivity index (χ2v) is 15.6. The number of carbonyl (C=O) groups excluding carboxylic acids is 1. The van der Waals surface area contributed by atoms with Crippen molar-refractivity contribution >= 4 is 5.97 Å². The number of hydrogen-bond donors (Lipinski definition) is 0. The number of carbonyl (C=O) groups is 1. The highest BCUT2D eigenvalue weighted by Gasteiger charge is 2.17. The van der Waals surface area contributed by atoms with E-state index in [0.29, 0.717) is 17.1 Å². The summed E-state index contributed by atoms with van der Waals surface area (Å²) in [5, 5.41) is 0. The fourth-order valence-corrected chi connectivity index (χ4v) is 7.28. The quantitative estimate of drug-likeness (QED) is 0.0363. The molecule has 0 aliphatic carbocycles. The number of esters is 1. The maximum atomic E-state index is 13.2. The van der Waals surface area contributed by atoms with Gasteiger partial charge in [0.15, 0.2) is 11.5 Å². The van der Waals surface area contributed by atoms with E-state index in [1.54, 1.807) is 0 Å². The van der Waals surface area contributed by atoms with Crippen molar-refractivity contribution in [1.29, 1.82) is 0 Å². The van der Waals surface area contributed by atoms with Gasteiger partial charge in [-0.3, -0.25) is 0 Å². The molecule has 3 rings (SSSR count). The van der Waals surface area contributed by atoms with Gasteiger partial charge in [0.2, 0.25) is 0 Å². The summed E-state index contributed by atoms with van der Waals surface area (Å²) in [6.07, 6.45) is 31.4. The highest BCUT2D eigenvalue weighted by molar-refractivity contribution is 5.92. The van der Waals surface area contributed by atoms with Crippen molar-refractivity contribution in [3.63, 3.8) is 0 Å². The van der Waals surface area contributed by atoms with E-state index in [1.165, 1.54) is 134 Å². The van der Waals surface area contributed by atoms with Gasteiger partial charge in [0.25, 0.3) is 0 Å². The van der Waals surface area contributed by atoms with Crippen LogP contribution in [0, 0.1) is 0 Å². The number of para-hydroxylation sites is 2. The normalized spacial score (nSPS) is 12.4.